The minimum atomic E-state index is -1.36. The smallest absolute Gasteiger partial charge is 0.465 e. The largest absolute Gasteiger partial charge is 0.494 e. The number of carboxylic acid groups (broad SMARTS) is 1. The van der Waals surface area contributed by atoms with Gasteiger partial charge < -0.3 is 35.5 Å². The summed E-state index contributed by atoms with van der Waals surface area (Å²) in [5.74, 6) is -1.30. The van der Waals surface area contributed by atoms with Crippen LogP contribution in [0.25, 0.3) is 0 Å². The minimum Gasteiger partial charge on any atom is -0.465 e. The Labute approximate surface area is 193 Å². The second-order valence-corrected chi connectivity index (χ2v) is 9.59. The van der Waals surface area contributed by atoms with Gasteiger partial charge in [0.15, 0.2) is 0 Å². The van der Waals surface area contributed by atoms with Crippen molar-refractivity contribution in [3.05, 3.63) is 29.8 Å². The first-order chi connectivity index (χ1) is 15.4. The lowest BCUT2D eigenvalue weighted by atomic mass is 9.78. The molecule has 10 nitrogen and oxygen atoms in total. The fraction of sp³-hybridized carbons (Fsp3) is 0.591. The second kappa shape index (κ2) is 9.32. The Balaban J connectivity index is 1.69. The maximum atomic E-state index is 13.0. The number of carbonyl (C=O) groups is 3. The molecule has 180 valence electrons. The van der Waals surface area contributed by atoms with E-state index in [2.05, 4.69) is 10.6 Å². The van der Waals surface area contributed by atoms with Gasteiger partial charge in [-0.15, -0.1) is 0 Å². The van der Waals surface area contributed by atoms with Gasteiger partial charge >= 0.3 is 13.2 Å². The van der Waals surface area contributed by atoms with Crippen LogP contribution in [0.15, 0.2) is 24.3 Å². The van der Waals surface area contributed by atoms with Gasteiger partial charge in [0.1, 0.15) is 11.6 Å². The Morgan fingerprint density at radius 1 is 1.06 bits per heavy atom. The molecule has 2 aliphatic rings. The molecule has 1 aromatic rings. The van der Waals surface area contributed by atoms with Crippen molar-refractivity contribution in [3.8, 4) is 0 Å². The molecule has 3 rings (SSSR count). The number of amides is 3. The first-order valence-corrected chi connectivity index (χ1v) is 11.0. The number of benzene rings is 1. The summed E-state index contributed by atoms with van der Waals surface area (Å²) in [6.45, 7) is 8.38. The molecule has 1 unspecified atom stereocenters. The third-order valence-corrected chi connectivity index (χ3v) is 6.72. The van der Waals surface area contributed by atoms with E-state index in [4.69, 9.17) is 19.8 Å². The number of ether oxygens (including phenoxy) is 1. The van der Waals surface area contributed by atoms with Crippen LogP contribution >= 0.6 is 0 Å². The van der Waals surface area contributed by atoms with E-state index in [-0.39, 0.29) is 32.5 Å². The summed E-state index contributed by atoms with van der Waals surface area (Å²) in [6, 6.07) is 6.34. The first-order valence-electron chi connectivity index (χ1n) is 11.0. The van der Waals surface area contributed by atoms with Crippen molar-refractivity contribution in [1.29, 1.82) is 0 Å². The Morgan fingerprint density at radius 3 is 2.09 bits per heavy atom. The van der Waals surface area contributed by atoms with E-state index in [0.29, 0.717) is 0 Å². The molecule has 11 heteroatoms. The van der Waals surface area contributed by atoms with Gasteiger partial charge in [0.05, 0.1) is 11.2 Å². The molecular formula is C22H32BN3O7. The van der Waals surface area contributed by atoms with Gasteiger partial charge in [0.2, 0.25) is 11.8 Å². The summed E-state index contributed by atoms with van der Waals surface area (Å²) >= 11 is 0. The lowest BCUT2D eigenvalue weighted by Crippen LogP contribution is -2.63. The molecule has 2 fully saturated rings. The highest BCUT2D eigenvalue weighted by Gasteiger charge is 2.51. The van der Waals surface area contributed by atoms with Gasteiger partial charge in [-0.2, -0.15) is 0 Å². The molecule has 0 aliphatic carbocycles. The number of carbonyl (C=O) groups excluding carboxylic acids is 2. The zero-order valence-electron chi connectivity index (χ0n) is 19.5. The van der Waals surface area contributed by atoms with E-state index >= 15 is 0 Å². The highest BCUT2D eigenvalue weighted by atomic mass is 16.7. The predicted octanol–water partition coefficient (Wildman–Crippen LogP) is 0.315. The molecule has 1 atom stereocenters. The molecule has 0 saturated carbocycles. The van der Waals surface area contributed by atoms with Crippen LogP contribution in [0, 0.1) is 0 Å². The fourth-order valence-electron chi connectivity index (χ4n) is 3.88. The topological polar surface area (TPSA) is 149 Å². The van der Waals surface area contributed by atoms with Crippen LogP contribution < -0.4 is 21.8 Å². The monoisotopic (exact) mass is 461 g/mol. The quantitative estimate of drug-likeness (QED) is 0.427. The average molecular weight is 461 g/mol. The molecule has 2 heterocycles. The number of hydrogen-bond donors (Lipinski definition) is 4. The summed E-state index contributed by atoms with van der Waals surface area (Å²) in [5.41, 5.74) is 4.87. The Kier molecular flexibility index (Phi) is 7.06. The van der Waals surface area contributed by atoms with Gasteiger partial charge in [0, 0.05) is 32.5 Å². The molecule has 0 aromatic heterocycles. The predicted molar refractivity (Wildman–Crippen MR) is 121 cm³/mol. The Bertz CT molecular complexity index is 882. The number of nitrogens with two attached hydrogens (primary N) is 1. The van der Waals surface area contributed by atoms with Crippen molar-refractivity contribution in [1.82, 2.24) is 10.6 Å². The average Bonchev–Trinajstić information content (AvgIpc) is 2.95. The molecule has 1 aromatic carbocycles. The number of rotatable bonds is 7. The lowest BCUT2D eigenvalue weighted by molar-refractivity contribution is -0.134. The summed E-state index contributed by atoms with van der Waals surface area (Å²) in [5, 5.41) is 14.1. The Morgan fingerprint density at radius 2 is 1.61 bits per heavy atom. The summed E-state index contributed by atoms with van der Waals surface area (Å²) in [4.78, 5) is 36.3. The normalized spacial score (nSPS) is 21.8. The van der Waals surface area contributed by atoms with Crippen molar-refractivity contribution in [2.75, 3.05) is 13.2 Å². The van der Waals surface area contributed by atoms with E-state index < -0.39 is 47.8 Å². The van der Waals surface area contributed by atoms with Crippen LogP contribution in [0.5, 0.6) is 0 Å². The molecule has 2 saturated heterocycles. The molecule has 0 radical (unpaired) electrons. The summed E-state index contributed by atoms with van der Waals surface area (Å²) in [7, 11) is -0.508. The minimum absolute atomic E-state index is 0.157. The molecular weight excluding hydrogens is 429 g/mol. The van der Waals surface area contributed by atoms with Crippen LogP contribution in [-0.2, 0) is 30.1 Å². The maximum absolute atomic E-state index is 13.0. The van der Waals surface area contributed by atoms with Gasteiger partial charge in [-0.3, -0.25) is 9.59 Å². The van der Waals surface area contributed by atoms with Gasteiger partial charge in [0.25, 0.3) is 0 Å². The van der Waals surface area contributed by atoms with Crippen molar-refractivity contribution in [2.45, 2.75) is 69.7 Å². The highest BCUT2D eigenvalue weighted by molar-refractivity contribution is 6.62. The van der Waals surface area contributed by atoms with Crippen LogP contribution in [0.3, 0.4) is 0 Å². The fourth-order valence-corrected chi connectivity index (χ4v) is 3.88. The van der Waals surface area contributed by atoms with E-state index in [1.54, 1.807) is 0 Å². The van der Waals surface area contributed by atoms with Crippen molar-refractivity contribution in [2.24, 2.45) is 5.73 Å². The molecule has 5 N–H and O–H groups in total. The number of hydrogen-bond acceptors (Lipinski definition) is 6. The van der Waals surface area contributed by atoms with E-state index in [1.165, 1.54) is 0 Å². The molecule has 2 aliphatic heterocycles. The van der Waals surface area contributed by atoms with Crippen molar-refractivity contribution in [3.63, 3.8) is 0 Å². The maximum Gasteiger partial charge on any atom is 0.494 e. The Hall–Kier alpha value is -2.63. The first kappa shape index (κ1) is 25.0. The SMILES string of the molecule is CC1(C)OB(c2ccc(CC(NC(=O)C3(NC(=O)O)CCOCC3)C(N)=O)cc2)OC1(C)C. The molecule has 0 bridgehead atoms. The third kappa shape index (κ3) is 5.48. The summed E-state index contributed by atoms with van der Waals surface area (Å²) < 4.78 is 17.4. The molecule has 33 heavy (non-hydrogen) atoms. The van der Waals surface area contributed by atoms with E-state index in [1.807, 2.05) is 52.0 Å². The van der Waals surface area contributed by atoms with Crippen LogP contribution in [0.1, 0.15) is 46.1 Å². The number of nitrogens with one attached hydrogen (secondary N) is 2. The van der Waals surface area contributed by atoms with Crippen LogP contribution in [0.4, 0.5) is 4.79 Å². The van der Waals surface area contributed by atoms with E-state index in [9.17, 15) is 19.5 Å². The lowest BCUT2D eigenvalue weighted by Gasteiger charge is -2.36. The third-order valence-electron chi connectivity index (χ3n) is 6.72. The molecule has 0 spiro atoms. The number of primary amides is 1. The van der Waals surface area contributed by atoms with E-state index in [0.717, 1.165) is 11.0 Å². The van der Waals surface area contributed by atoms with Crippen molar-refractivity contribution < 1.29 is 33.5 Å². The standard InChI is InChI=1S/C22H32BN3O7/c1-20(2)21(3,4)33-23(32-20)15-7-5-14(6-8-15)13-16(17(24)27)25-18(28)22(26-19(29)30)9-11-31-12-10-22/h5-8,16,26H,9-13H2,1-4H3,(H2,24,27)(H,25,28)(H,29,30). The summed E-state index contributed by atoms with van der Waals surface area (Å²) in [6.07, 6.45) is -0.829. The second-order valence-electron chi connectivity index (χ2n) is 9.59. The highest BCUT2D eigenvalue weighted by Crippen LogP contribution is 2.36. The zero-order valence-corrected chi connectivity index (χ0v) is 19.5. The van der Waals surface area contributed by atoms with Gasteiger partial charge in [-0.25, -0.2) is 4.79 Å². The van der Waals surface area contributed by atoms with Crippen molar-refractivity contribution >= 4 is 30.5 Å². The molecule has 3 amide bonds. The van der Waals surface area contributed by atoms with Crippen LogP contribution in [0.2, 0.25) is 0 Å². The van der Waals surface area contributed by atoms with Crippen LogP contribution in [-0.4, -0.2) is 66.1 Å². The van der Waals surface area contributed by atoms with Gasteiger partial charge in [-0.05, 0) is 38.7 Å². The zero-order chi connectivity index (χ0) is 24.4. The van der Waals surface area contributed by atoms with Gasteiger partial charge in [-0.1, -0.05) is 24.3 Å².